The zero-order chi connectivity index (χ0) is 18.2. The van der Waals surface area contributed by atoms with Gasteiger partial charge in [-0.2, -0.15) is 0 Å². The fourth-order valence-electron chi connectivity index (χ4n) is 2.60. The lowest BCUT2D eigenvalue weighted by molar-refractivity contribution is 0.354. The summed E-state index contributed by atoms with van der Waals surface area (Å²) in [5.74, 6) is 1.49. The fraction of sp³-hybridized carbons (Fsp3) is 0.350. The van der Waals surface area contributed by atoms with E-state index in [0.29, 0.717) is 0 Å². The van der Waals surface area contributed by atoms with Gasteiger partial charge in [-0.1, -0.05) is 31.2 Å². The summed E-state index contributed by atoms with van der Waals surface area (Å²) in [4.78, 5) is 2.05. The normalized spacial score (nSPS) is 10.2. The number of hydrogen-bond acceptors (Lipinski definition) is 3. The third kappa shape index (κ3) is 5.10. The number of methoxy groups -OCH3 is 2. The molecule has 0 heterocycles. The molecule has 0 fully saturated rings. The molecule has 0 radical (unpaired) electrons. The molecule has 2 rings (SSSR count). The van der Waals surface area contributed by atoms with Crippen molar-refractivity contribution in [2.45, 2.75) is 19.8 Å². The number of anilines is 1. The molecule has 4 nitrogen and oxygen atoms in total. The van der Waals surface area contributed by atoms with Gasteiger partial charge in [0.15, 0.2) is 16.6 Å². The minimum atomic E-state index is 0.723. The Morgan fingerprint density at radius 2 is 1.80 bits per heavy atom. The second kappa shape index (κ2) is 9.28. The first-order valence-electron chi connectivity index (χ1n) is 8.40. The van der Waals surface area contributed by atoms with Crippen LogP contribution in [0.5, 0.6) is 11.5 Å². The summed E-state index contributed by atoms with van der Waals surface area (Å²) in [5.41, 5.74) is 3.52. The summed E-state index contributed by atoms with van der Waals surface area (Å²) < 4.78 is 10.6. The van der Waals surface area contributed by atoms with E-state index < -0.39 is 0 Å². The molecule has 2 aromatic carbocycles. The molecule has 0 amide bonds. The predicted molar refractivity (Wildman–Crippen MR) is 108 cm³/mol. The second-order valence-corrected chi connectivity index (χ2v) is 6.19. The number of para-hydroxylation sites is 1. The van der Waals surface area contributed by atoms with Crippen LogP contribution in [0.15, 0.2) is 42.5 Å². The first-order valence-corrected chi connectivity index (χ1v) is 8.80. The van der Waals surface area contributed by atoms with Crippen LogP contribution >= 0.6 is 12.2 Å². The number of benzene rings is 2. The molecule has 0 aliphatic rings. The van der Waals surface area contributed by atoms with Gasteiger partial charge in [0.2, 0.25) is 0 Å². The van der Waals surface area contributed by atoms with Gasteiger partial charge in [-0.05, 0) is 54.4 Å². The van der Waals surface area contributed by atoms with Crippen LogP contribution in [-0.2, 0) is 12.8 Å². The highest BCUT2D eigenvalue weighted by Gasteiger charge is 2.09. The molecule has 0 aliphatic heterocycles. The van der Waals surface area contributed by atoms with Gasteiger partial charge in [0.25, 0.3) is 0 Å². The van der Waals surface area contributed by atoms with E-state index in [0.717, 1.165) is 41.7 Å². The smallest absolute Gasteiger partial charge is 0.173 e. The van der Waals surface area contributed by atoms with Gasteiger partial charge < -0.3 is 19.7 Å². The van der Waals surface area contributed by atoms with Crippen molar-refractivity contribution in [3.63, 3.8) is 0 Å². The molecule has 0 saturated carbocycles. The van der Waals surface area contributed by atoms with E-state index in [1.165, 1.54) is 11.1 Å². The number of likely N-dealkylation sites (N-methyl/N-ethyl adjacent to an activating group) is 1. The van der Waals surface area contributed by atoms with Crippen molar-refractivity contribution in [2.24, 2.45) is 0 Å². The van der Waals surface area contributed by atoms with E-state index >= 15 is 0 Å². The largest absolute Gasteiger partial charge is 0.493 e. The average Bonchev–Trinajstić information content (AvgIpc) is 2.66. The maximum atomic E-state index is 5.54. The van der Waals surface area contributed by atoms with Gasteiger partial charge in [-0.25, -0.2) is 0 Å². The van der Waals surface area contributed by atoms with Gasteiger partial charge in [-0.15, -0.1) is 0 Å². The third-order valence-corrected chi connectivity index (χ3v) is 4.58. The van der Waals surface area contributed by atoms with Crippen LogP contribution < -0.4 is 14.8 Å². The molecular weight excluding hydrogens is 332 g/mol. The van der Waals surface area contributed by atoms with E-state index in [1.54, 1.807) is 14.2 Å². The maximum Gasteiger partial charge on any atom is 0.173 e. The molecule has 0 atom stereocenters. The van der Waals surface area contributed by atoms with Crippen molar-refractivity contribution < 1.29 is 9.47 Å². The van der Waals surface area contributed by atoms with Crippen LogP contribution in [0.2, 0.25) is 0 Å². The van der Waals surface area contributed by atoms with Crippen molar-refractivity contribution in [3.05, 3.63) is 53.6 Å². The van der Waals surface area contributed by atoms with Crippen LogP contribution in [0.25, 0.3) is 0 Å². The molecular formula is C20H26N2O2S. The highest BCUT2D eigenvalue weighted by atomic mass is 32.1. The maximum absolute atomic E-state index is 5.54. The van der Waals surface area contributed by atoms with Crippen LogP contribution in [0.1, 0.15) is 18.1 Å². The molecule has 0 aliphatic carbocycles. The number of nitrogens with one attached hydrogen (secondary N) is 1. The molecule has 1 N–H and O–H groups in total. The summed E-state index contributed by atoms with van der Waals surface area (Å²) >= 11 is 5.54. The standard InChI is InChI=1S/C20H26N2O2S/c1-5-16-8-6-7-9-17(16)21-20(25)22(2)13-12-15-10-11-18(23-3)19(14-15)24-4/h6-11,14H,5,12-13H2,1-4H3,(H,21,25). The Morgan fingerprint density at radius 1 is 1.08 bits per heavy atom. The van der Waals surface area contributed by atoms with Gasteiger partial charge >= 0.3 is 0 Å². The summed E-state index contributed by atoms with van der Waals surface area (Å²) in [7, 11) is 5.30. The fourth-order valence-corrected chi connectivity index (χ4v) is 2.80. The van der Waals surface area contributed by atoms with Crippen molar-refractivity contribution in [3.8, 4) is 11.5 Å². The van der Waals surface area contributed by atoms with Crippen molar-refractivity contribution in [2.75, 3.05) is 33.1 Å². The zero-order valence-electron chi connectivity index (χ0n) is 15.3. The number of hydrogen-bond donors (Lipinski definition) is 1. The monoisotopic (exact) mass is 358 g/mol. The van der Waals surface area contributed by atoms with Crippen LogP contribution in [0, 0.1) is 0 Å². The van der Waals surface area contributed by atoms with Crippen LogP contribution in [0.3, 0.4) is 0 Å². The average molecular weight is 359 g/mol. The van der Waals surface area contributed by atoms with E-state index in [1.807, 2.05) is 31.3 Å². The lowest BCUT2D eigenvalue weighted by Gasteiger charge is -2.22. The number of thiocarbonyl (C=S) groups is 1. The summed E-state index contributed by atoms with van der Waals surface area (Å²) in [5, 5.41) is 4.07. The van der Waals surface area contributed by atoms with Gasteiger partial charge in [0, 0.05) is 19.3 Å². The van der Waals surface area contributed by atoms with Crippen molar-refractivity contribution >= 4 is 23.0 Å². The predicted octanol–water partition coefficient (Wildman–Crippen LogP) is 4.14. The summed E-state index contributed by atoms with van der Waals surface area (Å²) in [6.45, 7) is 2.96. The molecule has 134 valence electrons. The van der Waals surface area contributed by atoms with Crippen LogP contribution in [-0.4, -0.2) is 37.8 Å². The molecule has 5 heteroatoms. The number of aryl methyl sites for hydroxylation is 1. The Kier molecular flexibility index (Phi) is 7.07. The Bertz CT molecular complexity index is 719. The number of rotatable bonds is 7. The minimum Gasteiger partial charge on any atom is -0.493 e. The Morgan fingerprint density at radius 3 is 2.48 bits per heavy atom. The lowest BCUT2D eigenvalue weighted by atomic mass is 10.1. The Balaban J connectivity index is 1.95. The molecule has 0 aromatic heterocycles. The van der Waals surface area contributed by atoms with E-state index in [4.69, 9.17) is 21.7 Å². The lowest BCUT2D eigenvalue weighted by Crippen LogP contribution is -2.33. The van der Waals surface area contributed by atoms with Gasteiger partial charge in [0.05, 0.1) is 14.2 Å². The van der Waals surface area contributed by atoms with Gasteiger partial charge in [-0.3, -0.25) is 0 Å². The SMILES string of the molecule is CCc1ccccc1NC(=S)N(C)CCc1ccc(OC)c(OC)c1. The Hall–Kier alpha value is -2.27. The molecule has 0 saturated heterocycles. The summed E-state index contributed by atoms with van der Waals surface area (Å²) in [6, 6.07) is 14.2. The minimum absolute atomic E-state index is 0.723. The van der Waals surface area contributed by atoms with Gasteiger partial charge in [0.1, 0.15) is 0 Å². The van der Waals surface area contributed by atoms with Crippen molar-refractivity contribution in [1.29, 1.82) is 0 Å². The van der Waals surface area contributed by atoms with E-state index in [-0.39, 0.29) is 0 Å². The molecule has 0 bridgehead atoms. The molecule has 25 heavy (non-hydrogen) atoms. The highest BCUT2D eigenvalue weighted by Crippen LogP contribution is 2.27. The molecule has 0 spiro atoms. The molecule has 0 unspecified atom stereocenters. The zero-order valence-corrected chi connectivity index (χ0v) is 16.2. The Labute approximate surface area is 155 Å². The number of nitrogens with zero attached hydrogens (tertiary/aromatic N) is 1. The highest BCUT2D eigenvalue weighted by molar-refractivity contribution is 7.80. The quantitative estimate of drug-likeness (QED) is 0.753. The topological polar surface area (TPSA) is 33.7 Å². The van der Waals surface area contributed by atoms with E-state index in [2.05, 4.69) is 35.3 Å². The van der Waals surface area contributed by atoms with E-state index in [9.17, 15) is 0 Å². The number of ether oxygens (including phenoxy) is 2. The summed E-state index contributed by atoms with van der Waals surface area (Å²) in [6.07, 6.45) is 1.84. The molecule has 2 aromatic rings. The first kappa shape index (κ1) is 19.1. The first-order chi connectivity index (χ1) is 12.1. The second-order valence-electron chi connectivity index (χ2n) is 5.80. The van der Waals surface area contributed by atoms with Crippen LogP contribution in [0.4, 0.5) is 5.69 Å². The van der Waals surface area contributed by atoms with Crippen molar-refractivity contribution in [1.82, 2.24) is 4.90 Å². The third-order valence-electron chi connectivity index (χ3n) is 4.17.